The van der Waals surface area contributed by atoms with Gasteiger partial charge in [0.1, 0.15) is 11.9 Å². The summed E-state index contributed by atoms with van der Waals surface area (Å²) in [4.78, 5) is 27.5. The lowest BCUT2D eigenvalue weighted by Crippen LogP contribution is -2.41. The molecule has 1 aliphatic heterocycles. The molecule has 5 rings (SSSR count). The summed E-state index contributed by atoms with van der Waals surface area (Å²) >= 11 is 1.53. The second kappa shape index (κ2) is 13.6. The van der Waals surface area contributed by atoms with Crippen LogP contribution in [0, 0.1) is 12.7 Å². The second-order valence-corrected chi connectivity index (χ2v) is 11.3. The molecule has 1 amide bonds. The molecule has 1 unspecified atom stereocenters. The molecule has 4 aromatic carbocycles. The largest absolute Gasteiger partial charge is 0.480 e. The van der Waals surface area contributed by atoms with E-state index in [9.17, 15) is 19.1 Å². The van der Waals surface area contributed by atoms with Crippen molar-refractivity contribution < 1.29 is 28.6 Å². The number of hydrogen-bond acceptors (Lipinski definition) is 6. The quantitative estimate of drug-likeness (QED) is 0.188. The van der Waals surface area contributed by atoms with Crippen molar-refractivity contribution in [2.45, 2.75) is 32.5 Å². The van der Waals surface area contributed by atoms with E-state index in [1.807, 2.05) is 67.8 Å². The number of carbonyl (C=O) groups excluding carboxylic acids is 1. The minimum Gasteiger partial charge on any atom is -0.480 e. The average Bonchev–Trinajstić information content (AvgIpc) is 3.48. The van der Waals surface area contributed by atoms with E-state index in [0.29, 0.717) is 42.3 Å². The highest BCUT2D eigenvalue weighted by Crippen LogP contribution is 2.37. The maximum absolute atomic E-state index is 13.7. The molecule has 0 spiro atoms. The number of aliphatic carboxylic acids is 1. The molecule has 1 aliphatic rings. The first kappa shape index (κ1) is 30.0. The number of aryl methyl sites for hydroxylation is 1. The highest BCUT2D eigenvalue weighted by atomic mass is 32.2. The Balaban J connectivity index is 1.51. The minimum atomic E-state index is -1.06. The third-order valence-electron chi connectivity index (χ3n) is 7.36. The molecule has 0 saturated heterocycles. The fourth-order valence-corrected chi connectivity index (χ4v) is 5.54. The summed E-state index contributed by atoms with van der Waals surface area (Å²) in [6.07, 6.45) is 2.23. The molecule has 0 aliphatic carbocycles. The fourth-order valence-electron chi connectivity index (χ4n) is 5.07. The number of anilines is 1. The van der Waals surface area contributed by atoms with E-state index in [1.54, 1.807) is 18.2 Å². The van der Waals surface area contributed by atoms with Crippen LogP contribution in [0.3, 0.4) is 0 Å². The number of nitrogens with zero attached hydrogens (tertiary/aromatic N) is 1. The van der Waals surface area contributed by atoms with Gasteiger partial charge in [-0.3, -0.25) is 4.79 Å². The molecular formula is C34H33FN2O5S. The molecule has 9 heteroatoms. The lowest BCUT2D eigenvalue weighted by molar-refractivity contribution is -0.139. The van der Waals surface area contributed by atoms with Gasteiger partial charge in [0.25, 0.3) is 5.91 Å². The number of carbonyl (C=O) groups is 2. The number of carboxylic acids is 1. The number of nitrogens with one attached hydrogen (secondary N) is 1. The van der Waals surface area contributed by atoms with Crippen LogP contribution in [0.25, 0.3) is 11.1 Å². The molecule has 0 aromatic heterocycles. The summed E-state index contributed by atoms with van der Waals surface area (Å²) in [5.74, 6) is 0.163. The fraction of sp³-hybridized carbons (Fsp3) is 0.235. The third-order valence-corrected chi connectivity index (χ3v) is 8.00. The molecule has 0 saturated carbocycles. The molecule has 1 heterocycles. The topological polar surface area (TPSA) is 88.1 Å². The summed E-state index contributed by atoms with van der Waals surface area (Å²) < 4.78 is 24.8. The number of fused-ring (bicyclic) bond motifs is 1. The molecule has 2 N–H and O–H groups in total. The van der Waals surface area contributed by atoms with Crippen LogP contribution in [0.2, 0.25) is 0 Å². The number of hydrogen-bond donors (Lipinski definition) is 2. The van der Waals surface area contributed by atoms with Gasteiger partial charge in [0.2, 0.25) is 6.79 Å². The Bertz CT molecular complexity index is 1610. The SMILES string of the molecule is CSCCC(NC(=O)c1ccc(CN(Cc2ccc(F)cc2)c2ccc3c(c2)OCO3)cc1-c1ccccc1C)C(=O)O. The molecule has 0 bridgehead atoms. The zero-order valence-electron chi connectivity index (χ0n) is 24.0. The van der Waals surface area contributed by atoms with Crippen molar-refractivity contribution in [2.24, 2.45) is 0 Å². The number of carboxylic acid groups (broad SMARTS) is 1. The van der Waals surface area contributed by atoms with Gasteiger partial charge in [0, 0.05) is 30.4 Å². The Morgan fingerprint density at radius 3 is 2.40 bits per heavy atom. The van der Waals surface area contributed by atoms with E-state index in [4.69, 9.17) is 9.47 Å². The zero-order valence-corrected chi connectivity index (χ0v) is 24.8. The van der Waals surface area contributed by atoms with Crippen LogP contribution in [0.15, 0.2) is 84.9 Å². The molecule has 222 valence electrons. The van der Waals surface area contributed by atoms with Crippen molar-refractivity contribution in [1.29, 1.82) is 0 Å². The van der Waals surface area contributed by atoms with Gasteiger partial charge in [-0.2, -0.15) is 11.8 Å². The normalized spacial score (nSPS) is 12.5. The predicted molar refractivity (Wildman–Crippen MR) is 167 cm³/mol. The number of rotatable bonds is 12. The first-order chi connectivity index (χ1) is 20.8. The lowest BCUT2D eigenvalue weighted by Gasteiger charge is -2.26. The number of ether oxygens (including phenoxy) is 2. The second-order valence-electron chi connectivity index (χ2n) is 10.4. The summed E-state index contributed by atoms with van der Waals surface area (Å²) in [7, 11) is 0. The minimum absolute atomic E-state index is 0.167. The van der Waals surface area contributed by atoms with E-state index in [-0.39, 0.29) is 12.6 Å². The van der Waals surface area contributed by atoms with Gasteiger partial charge in [0.15, 0.2) is 11.5 Å². The standard InChI is InChI=1S/C34H33FN2O5S/c1-22-5-3-4-6-27(22)29-17-24(9-13-28(29)33(38)36-30(34(39)40)15-16-43-2)20-37(19-23-7-10-25(35)11-8-23)26-12-14-31-32(18-26)42-21-41-31/h3-14,17-18,30H,15-16,19-21H2,1-2H3,(H,36,38)(H,39,40). The zero-order chi connectivity index (χ0) is 30.3. The van der Waals surface area contributed by atoms with Gasteiger partial charge in [0.05, 0.1) is 0 Å². The third kappa shape index (κ3) is 7.29. The van der Waals surface area contributed by atoms with Crippen LogP contribution >= 0.6 is 11.8 Å². The van der Waals surface area contributed by atoms with Crippen molar-refractivity contribution >= 4 is 29.3 Å². The van der Waals surface area contributed by atoms with E-state index >= 15 is 0 Å². The van der Waals surface area contributed by atoms with E-state index in [1.165, 1.54) is 23.9 Å². The molecule has 4 aromatic rings. The highest BCUT2D eigenvalue weighted by Gasteiger charge is 2.23. The Kier molecular flexibility index (Phi) is 9.51. The summed E-state index contributed by atoms with van der Waals surface area (Å²) in [6, 6.07) is 24.6. The lowest BCUT2D eigenvalue weighted by atomic mass is 9.93. The Morgan fingerprint density at radius 1 is 0.930 bits per heavy atom. The Labute approximate surface area is 254 Å². The van der Waals surface area contributed by atoms with Crippen molar-refractivity contribution in [3.05, 3.63) is 113 Å². The summed E-state index contributed by atoms with van der Waals surface area (Å²) in [5.41, 5.74) is 5.76. The van der Waals surface area contributed by atoms with Crippen LogP contribution in [0.4, 0.5) is 10.1 Å². The van der Waals surface area contributed by atoms with Crippen molar-refractivity contribution in [2.75, 3.05) is 23.7 Å². The van der Waals surface area contributed by atoms with Crippen LogP contribution in [-0.2, 0) is 17.9 Å². The number of halogens is 1. The van der Waals surface area contributed by atoms with Crippen LogP contribution in [0.5, 0.6) is 11.5 Å². The van der Waals surface area contributed by atoms with Gasteiger partial charge < -0.3 is 24.8 Å². The smallest absolute Gasteiger partial charge is 0.326 e. The first-order valence-corrected chi connectivity index (χ1v) is 15.3. The van der Waals surface area contributed by atoms with Crippen molar-refractivity contribution in [1.82, 2.24) is 5.32 Å². The molecule has 0 fully saturated rings. The van der Waals surface area contributed by atoms with Gasteiger partial charge >= 0.3 is 5.97 Å². The van der Waals surface area contributed by atoms with Crippen LogP contribution in [0.1, 0.15) is 33.5 Å². The predicted octanol–water partition coefficient (Wildman–Crippen LogP) is 6.67. The molecule has 43 heavy (non-hydrogen) atoms. The number of amides is 1. The maximum Gasteiger partial charge on any atom is 0.326 e. The molecule has 7 nitrogen and oxygen atoms in total. The van der Waals surface area contributed by atoms with Gasteiger partial charge in [-0.15, -0.1) is 0 Å². The van der Waals surface area contributed by atoms with Crippen molar-refractivity contribution in [3.63, 3.8) is 0 Å². The molecule has 1 atom stereocenters. The Hall–Kier alpha value is -4.50. The van der Waals surface area contributed by atoms with Gasteiger partial charge in [-0.05, 0) is 89.6 Å². The molecular weight excluding hydrogens is 567 g/mol. The molecule has 0 radical (unpaired) electrons. The monoisotopic (exact) mass is 600 g/mol. The maximum atomic E-state index is 13.7. The van der Waals surface area contributed by atoms with Crippen LogP contribution < -0.4 is 19.7 Å². The summed E-state index contributed by atoms with van der Waals surface area (Å²) in [6.45, 7) is 3.12. The average molecular weight is 601 g/mol. The Morgan fingerprint density at radius 2 is 1.65 bits per heavy atom. The van der Waals surface area contributed by atoms with Crippen LogP contribution in [-0.4, -0.2) is 41.8 Å². The highest BCUT2D eigenvalue weighted by molar-refractivity contribution is 7.98. The number of benzene rings is 4. The number of thioether (sulfide) groups is 1. The first-order valence-electron chi connectivity index (χ1n) is 13.9. The summed E-state index contributed by atoms with van der Waals surface area (Å²) in [5, 5.41) is 12.4. The van der Waals surface area contributed by atoms with Crippen molar-refractivity contribution in [3.8, 4) is 22.6 Å². The van der Waals surface area contributed by atoms with E-state index < -0.39 is 17.9 Å². The van der Waals surface area contributed by atoms with E-state index in [2.05, 4.69) is 10.2 Å². The van der Waals surface area contributed by atoms with Gasteiger partial charge in [-0.1, -0.05) is 42.5 Å². The van der Waals surface area contributed by atoms with Gasteiger partial charge in [-0.25, -0.2) is 9.18 Å². The van der Waals surface area contributed by atoms with E-state index in [0.717, 1.165) is 33.5 Å².